The van der Waals surface area contributed by atoms with Crippen LogP contribution in [0.2, 0.25) is 0 Å². The number of hydrogen-bond donors (Lipinski definition) is 0. The number of carbonyl (C=O) groups excluding carboxylic acids is 1. The van der Waals surface area contributed by atoms with Gasteiger partial charge >= 0.3 is 0 Å². The van der Waals surface area contributed by atoms with Crippen LogP contribution in [0.25, 0.3) is 6.08 Å². The first-order chi connectivity index (χ1) is 10.1. The first kappa shape index (κ1) is 17.8. The fourth-order valence-corrected chi connectivity index (χ4v) is 4.37. The van der Waals surface area contributed by atoms with E-state index in [2.05, 4.69) is 0 Å². The van der Waals surface area contributed by atoms with Crippen LogP contribution in [-0.2, 0) is 9.67 Å². The molecule has 0 bridgehead atoms. The SMILES string of the molecule is O=C(Pc1ccccc1)C1(Cl)CC(Cl)=Cc2ccccc21.[Li]. The first-order valence-corrected chi connectivity index (χ1v) is 8.36. The minimum atomic E-state index is -1.06. The molecular weight excluding hydrogens is 329 g/mol. The third kappa shape index (κ3) is 3.51. The second-order valence-electron chi connectivity index (χ2n) is 4.98. The van der Waals surface area contributed by atoms with Crippen molar-refractivity contribution in [3.05, 3.63) is 70.8 Å². The van der Waals surface area contributed by atoms with Gasteiger partial charge in [0.1, 0.15) is 4.87 Å². The number of allylic oxidation sites excluding steroid dienone is 1. The molecule has 0 N–H and O–H groups in total. The molecule has 0 spiro atoms. The monoisotopic (exact) mass is 341 g/mol. The molecule has 0 saturated heterocycles. The molecule has 22 heavy (non-hydrogen) atoms. The number of rotatable bonds is 3. The summed E-state index contributed by atoms with van der Waals surface area (Å²) in [6.45, 7) is 0. The molecular formula is C17H13Cl2LiOP. The maximum absolute atomic E-state index is 12.8. The van der Waals surface area contributed by atoms with E-state index in [1.165, 1.54) is 0 Å². The summed E-state index contributed by atoms with van der Waals surface area (Å²) < 4.78 is 0. The number of alkyl halides is 1. The van der Waals surface area contributed by atoms with Crippen LogP contribution in [0.3, 0.4) is 0 Å². The van der Waals surface area contributed by atoms with Gasteiger partial charge in [-0.2, -0.15) is 0 Å². The van der Waals surface area contributed by atoms with E-state index in [0.29, 0.717) is 11.5 Å². The van der Waals surface area contributed by atoms with Gasteiger partial charge in [-0.15, -0.1) is 11.6 Å². The fourth-order valence-electron chi connectivity index (χ4n) is 2.49. The van der Waals surface area contributed by atoms with Crippen molar-refractivity contribution in [3.8, 4) is 0 Å². The summed E-state index contributed by atoms with van der Waals surface area (Å²) in [5.74, 6) is 0. The maximum Gasteiger partial charge on any atom is 0.181 e. The average molecular weight is 342 g/mol. The van der Waals surface area contributed by atoms with Gasteiger partial charge in [-0.3, -0.25) is 4.79 Å². The van der Waals surface area contributed by atoms with E-state index in [4.69, 9.17) is 23.2 Å². The van der Waals surface area contributed by atoms with Gasteiger partial charge in [0.25, 0.3) is 0 Å². The Balaban J connectivity index is 0.00000176. The van der Waals surface area contributed by atoms with Crippen molar-refractivity contribution in [2.45, 2.75) is 11.3 Å². The molecule has 1 aliphatic rings. The Morgan fingerprint density at radius 3 is 2.41 bits per heavy atom. The van der Waals surface area contributed by atoms with Gasteiger partial charge < -0.3 is 0 Å². The van der Waals surface area contributed by atoms with E-state index in [1.54, 1.807) is 0 Å². The molecule has 1 aliphatic carbocycles. The summed E-state index contributed by atoms with van der Waals surface area (Å²) in [6, 6.07) is 17.4. The summed E-state index contributed by atoms with van der Waals surface area (Å²) in [5, 5.41) is 1.61. The normalized spacial score (nSPS) is 20.2. The van der Waals surface area contributed by atoms with Crippen molar-refractivity contribution in [2.75, 3.05) is 0 Å². The van der Waals surface area contributed by atoms with E-state index in [1.807, 2.05) is 60.7 Å². The second kappa shape index (κ2) is 7.35. The molecule has 0 amide bonds. The minimum absolute atomic E-state index is 0. The molecule has 0 aliphatic heterocycles. The smallest absolute Gasteiger partial charge is 0.181 e. The van der Waals surface area contributed by atoms with E-state index in [9.17, 15) is 4.79 Å². The van der Waals surface area contributed by atoms with Crippen LogP contribution in [0, 0.1) is 0 Å². The van der Waals surface area contributed by atoms with E-state index >= 15 is 0 Å². The third-order valence-corrected chi connectivity index (χ3v) is 5.69. The Bertz CT molecular complexity index is 718. The van der Waals surface area contributed by atoms with Gasteiger partial charge in [0, 0.05) is 30.3 Å². The van der Waals surface area contributed by atoms with Crippen LogP contribution < -0.4 is 5.30 Å². The van der Waals surface area contributed by atoms with Crippen LogP contribution in [0.15, 0.2) is 59.6 Å². The van der Waals surface area contributed by atoms with Crippen LogP contribution in [-0.4, -0.2) is 24.4 Å². The summed E-state index contributed by atoms with van der Waals surface area (Å²) in [7, 11) is 0.0252. The second-order valence-corrected chi connectivity index (χ2v) is 7.39. The van der Waals surface area contributed by atoms with E-state index in [0.717, 1.165) is 16.4 Å². The topological polar surface area (TPSA) is 17.1 Å². The van der Waals surface area contributed by atoms with Crippen LogP contribution in [0.4, 0.5) is 0 Å². The van der Waals surface area contributed by atoms with Crippen LogP contribution in [0.5, 0.6) is 0 Å². The predicted octanol–water partition coefficient (Wildman–Crippen LogP) is 4.25. The number of halogens is 2. The molecule has 1 nitrogen and oxygen atoms in total. The van der Waals surface area contributed by atoms with E-state index in [-0.39, 0.29) is 33.0 Å². The molecule has 2 aromatic rings. The molecule has 107 valence electrons. The van der Waals surface area contributed by atoms with Crippen molar-refractivity contribution in [1.29, 1.82) is 0 Å². The van der Waals surface area contributed by atoms with Crippen LogP contribution in [0.1, 0.15) is 17.5 Å². The Labute approximate surface area is 154 Å². The van der Waals surface area contributed by atoms with Crippen molar-refractivity contribution < 1.29 is 4.79 Å². The van der Waals surface area contributed by atoms with Gasteiger partial charge in [-0.25, -0.2) is 0 Å². The first-order valence-electron chi connectivity index (χ1n) is 6.60. The Morgan fingerprint density at radius 1 is 1.05 bits per heavy atom. The summed E-state index contributed by atoms with van der Waals surface area (Å²) in [5.41, 5.74) is 1.79. The molecule has 3 rings (SSSR count). The van der Waals surface area contributed by atoms with Crippen molar-refractivity contribution in [3.63, 3.8) is 0 Å². The molecule has 0 aromatic heterocycles. The largest absolute Gasteiger partial charge is 0.292 e. The Morgan fingerprint density at radius 2 is 1.68 bits per heavy atom. The molecule has 0 saturated carbocycles. The zero-order valence-electron chi connectivity index (χ0n) is 12.1. The predicted molar refractivity (Wildman–Crippen MR) is 97.6 cm³/mol. The summed E-state index contributed by atoms with van der Waals surface area (Å²) in [6.07, 6.45) is 2.24. The molecule has 1 radical (unpaired) electrons. The number of hydrogen-bond acceptors (Lipinski definition) is 1. The average Bonchev–Trinajstić information content (AvgIpc) is 2.48. The Hall–Kier alpha value is -0.543. The zero-order valence-corrected chi connectivity index (χ0v) is 14.7. The van der Waals surface area contributed by atoms with Crippen molar-refractivity contribution in [2.24, 2.45) is 0 Å². The van der Waals surface area contributed by atoms with Gasteiger partial charge in [-0.1, -0.05) is 66.2 Å². The fraction of sp³-hybridized carbons (Fsp3) is 0.118. The van der Waals surface area contributed by atoms with E-state index < -0.39 is 4.87 Å². The number of fused-ring (bicyclic) bond motifs is 1. The number of benzene rings is 2. The summed E-state index contributed by atoms with van der Waals surface area (Å²) >= 11 is 12.9. The molecule has 0 fully saturated rings. The molecule has 0 heterocycles. The van der Waals surface area contributed by atoms with Gasteiger partial charge in [-0.05, 0) is 31.1 Å². The maximum atomic E-state index is 12.8. The number of carbonyl (C=O) groups is 1. The standard InChI is InChI=1S/C17H13Cl2OP.Li/c18-13-10-12-6-4-5-9-15(12)17(19,11-13)16(20)21-14-7-2-1-3-8-14;/h1-10,21H,11H2;. The third-order valence-electron chi connectivity index (χ3n) is 3.50. The summed E-state index contributed by atoms with van der Waals surface area (Å²) in [4.78, 5) is 11.7. The molecule has 2 aromatic carbocycles. The van der Waals surface area contributed by atoms with Gasteiger partial charge in [0.15, 0.2) is 5.52 Å². The quantitative estimate of drug-likeness (QED) is 0.463. The minimum Gasteiger partial charge on any atom is -0.292 e. The van der Waals surface area contributed by atoms with Gasteiger partial charge in [0.05, 0.1) is 0 Å². The molecule has 2 atom stereocenters. The molecule has 5 heteroatoms. The molecule has 2 unspecified atom stereocenters. The Kier molecular flexibility index (Phi) is 5.95. The zero-order chi connectivity index (χ0) is 14.9. The van der Waals surface area contributed by atoms with Crippen molar-refractivity contribution in [1.82, 2.24) is 0 Å². The van der Waals surface area contributed by atoms with Crippen LogP contribution >= 0.6 is 31.8 Å². The van der Waals surface area contributed by atoms with Crippen molar-refractivity contribution >= 4 is 67.5 Å². The van der Waals surface area contributed by atoms with Gasteiger partial charge in [0.2, 0.25) is 0 Å².